The van der Waals surface area contributed by atoms with Crippen molar-refractivity contribution < 1.29 is 22.9 Å². The Morgan fingerprint density at radius 3 is 1.55 bits per heavy atom. The van der Waals surface area contributed by atoms with Gasteiger partial charge in [0.2, 0.25) is 5.91 Å². The summed E-state index contributed by atoms with van der Waals surface area (Å²) >= 11 is 0. The van der Waals surface area contributed by atoms with Crippen molar-refractivity contribution in [1.29, 1.82) is 0 Å². The van der Waals surface area contributed by atoms with Gasteiger partial charge in [0.1, 0.15) is 0 Å². The highest BCUT2D eigenvalue weighted by Gasteiger charge is 2.24. The van der Waals surface area contributed by atoms with Crippen LogP contribution >= 0.6 is 0 Å². The molecule has 0 radical (unpaired) electrons. The summed E-state index contributed by atoms with van der Waals surface area (Å²) in [7, 11) is -4.36. The molecule has 0 saturated carbocycles. The zero-order chi connectivity index (χ0) is 34.7. The minimum Gasteiger partial charge on any atom is -0.387 e. The van der Waals surface area contributed by atoms with Crippen molar-refractivity contribution in [3.63, 3.8) is 0 Å². The second-order valence-electron chi connectivity index (χ2n) is 12.8. The van der Waals surface area contributed by atoms with E-state index in [2.05, 4.69) is 67.8 Å². The maximum Gasteiger partial charge on any atom is 0.267 e. The smallest absolute Gasteiger partial charge is 0.267 e. The first-order chi connectivity index (χ1) is 22.8. The van der Waals surface area contributed by atoms with Crippen LogP contribution < -0.4 is 5.32 Å². The summed E-state index contributed by atoms with van der Waals surface area (Å²) in [5.74, 6) is -1.03. The monoisotopic (exact) mass is 678 g/mol. The van der Waals surface area contributed by atoms with Gasteiger partial charge < -0.3 is 10.4 Å². The van der Waals surface area contributed by atoms with Crippen LogP contribution in [0.15, 0.2) is 60.8 Å². The molecule has 0 aliphatic carbocycles. The number of carbonyl (C=O) groups excluding carboxylic acids is 1. The molecule has 0 aromatic rings. The van der Waals surface area contributed by atoms with E-state index in [0.717, 1.165) is 64.2 Å². The Bertz CT molecular complexity index is 967. The van der Waals surface area contributed by atoms with Gasteiger partial charge in [-0.3, -0.25) is 9.35 Å². The molecule has 0 rings (SSSR count). The predicted molar refractivity (Wildman–Crippen MR) is 202 cm³/mol. The highest BCUT2D eigenvalue weighted by Crippen LogP contribution is 2.12. The molecular weight excluding hydrogens is 607 g/mol. The van der Waals surface area contributed by atoms with Gasteiger partial charge >= 0.3 is 0 Å². The summed E-state index contributed by atoms with van der Waals surface area (Å²) in [5, 5.41) is 13.1. The molecule has 7 heteroatoms. The van der Waals surface area contributed by atoms with E-state index in [1.807, 2.05) is 0 Å². The van der Waals surface area contributed by atoms with Gasteiger partial charge in [-0.1, -0.05) is 152 Å². The lowest BCUT2D eigenvalue weighted by molar-refractivity contribution is -0.122. The van der Waals surface area contributed by atoms with Crippen molar-refractivity contribution in [1.82, 2.24) is 5.32 Å². The van der Waals surface area contributed by atoms with Gasteiger partial charge in [0.15, 0.2) is 0 Å². The van der Waals surface area contributed by atoms with Crippen molar-refractivity contribution >= 4 is 16.0 Å². The molecule has 0 saturated heterocycles. The molecule has 47 heavy (non-hydrogen) atoms. The lowest BCUT2D eigenvalue weighted by atomic mass is 10.1. The Morgan fingerprint density at radius 2 is 1.02 bits per heavy atom. The molecule has 0 aromatic carbocycles. The number of aliphatic hydroxyl groups is 1. The second-order valence-corrected chi connectivity index (χ2v) is 14.3. The number of hydrogen-bond acceptors (Lipinski definition) is 4. The summed E-state index contributed by atoms with van der Waals surface area (Å²) in [6.45, 7) is 4.44. The highest BCUT2D eigenvalue weighted by molar-refractivity contribution is 7.85. The van der Waals surface area contributed by atoms with E-state index < -0.39 is 28.0 Å². The van der Waals surface area contributed by atoms with Crippen molar-refractivity contribution in [3.8, 4) is 0 Å². The zero-order valence-corrected chi connectivity index (χ0v) is 30.9. The van der Waals surface area contributed by atoms with Gasteiger partial charge in [-0.05, 0) is 70.6 Å². The van der Waals surface area contributed by atoms with Gasteiger partial charge in [0.05, 0.1) is 17.9 Å². The number of nitrogens with one attached hydrogen (secondary N) is 1. The maximum atomic E-state index is 12.4. The average molecular weight is 678 g/mol. The Morgan fingerprint density at radius 1 is 0.574 bits per heavy atom. The number of amides is 1. The molecule has 1 amide bonds. The van der Waals surface area contributed by atoms with Gasteiger partial charge in [-0.25, -0.2) is 0 Å². The minimum atomic E-state index is -4.36. The molecule has 0 heterocycles. The largest absolute Gasteiger partial charge is 0.387 e. The number of carbonyl (C=O) groups is 1. The molecule has 272 valence electrons. The van der Waals surface area contributed by atoms with Gasteiger partial charge in [0.25, 0.3) is 10.1 Å². The first-order valence-corrected chi connectivity index (χ1v) is 20.6. The van der Waals surface area contributed by atoms with E-state index in [-0.39, 0.29) is 12.3 Å². The van der Waals surface area contributed by atoms with E-state index >= 15 is 0 Å². The van der Waals surface area contributed by atoms with Gasteiger partial charge in [-0.2, -0.15) is 8.42 Å². The first-order valence-electron chi connectivity index (χ1n) is 19.0. The van der Waals surface area contributed by atoms with Crippen LogP contribution in [0, 0.1) is 0 Å². The average Bonchev–Trinajstić information content (AvgIpc) is 3.03. The third kappa shape index (κ3) is 35.2. The number of hydrogen-bond donors (Lipinski definition) is 3. The van der Waals surface area contributed by atoms with Crippen LogP contribution in [0.1, 0.15) is 168 Å². The lowest BCUT2D eigenvalue weighted by Crippen LogP contribution is -2.46. The number of aliphatic hydroxyl groups excluding tert-OH is 1. The van der Waals surface area contributed by atoms with E-state index in [0.29, 0.717) is 12.8 Å². The standard InChI is InChI=1S/C40H71NO5S/c1-3-5-7-9-11-13-15-17-18-19-20-21-22-24-25-27-29-31-33-35-39(42)38(37-47(44,45)46)41-40(43)36-34-32-30-28-26-23-16-14-12-10-8-6-4-2/h8,10,14,16,20-21,25,27,33,35,38-39,42H,3-7,9,11-13,15,17-19,22-24,26,28-32,34,36-37H2,1-2H3,(H,41,43)(H,44,45,46)/b10-8-,16-14-,21-20+,27-25+,35-33+. The third-order valence-electron chi connectivity index (χ3n) is 8.13. The fourth-order valence-electron chi connectivity index (χ4n) is 5.28. The maximum absolute atomic E-state index is 12.4. The van der Waals surface area contributed by atoms with Crippen LogP contribution in [0.2, 0.25) is 0 Å². The minimum absolute atomic E-state index is 0.266. The van der Waals surface area contributed by atoms with Crippen LogP contribution in [-0.4, -0.2) is 41.9 Å². The second kappa shape index (κ2) is 33.9. The quantitative estimate of drug-likeness (QED) is 0.0364. The number of rotatable bonds is 33. The Hall–Kier alpha value is -1.96. The molecule has 0 aliphatic rings. The summed E-state index contributed by atoms with van der Waals surface area (Å²) in [6, 6.07) is -1.09. The zero-order valence-electron chi connectivity index (χ0n) is 30.1. The molecule has 0 spiro atoms. The van der Waals surface area contributed by atoms with Crippen LogP contribution in [0.5, 0.6) is 0 Å². The van der Waals surface area contributed by atoms with Gasteiger partial charge in [0, 0.05) is 6.42 Å². The van der Waals surface area contributed by atoms with Crippen molar-refractivity contribution in [2.45, 2.75) is 180 Å². The Kier molecular flexibility index (Phi) is 32.5. The molecule has 2 atom stereocenters. The molecule has 6 nitrogen and oxygen atoms in total. The van der Waals surface area contributed by atoms with E-state index in [1.54, 1.807) is 6.08 Å². The Labute approximate surface area is 290 Å². The van der Waals surface area contributed by atoms with Crippen LogP contribution in [-0.2, 0) is 14.9 Å². The Balaban J connectivity index is 4.08. The van der Waals surface area contributed by atoms with E-state index in [4.69, 9.17) is 0 Å². The van der Waals surface area contributed by atoms with Crippen molar-refractivity contribution in [2.24, 2.45) is 0 Å². The lowest BCUT2D eigenvalue weighted by Gasteiger charge is -2.21. The molecule has 0 fully saturated rings. The van der Waals surface area contributed by atoms with Crippen molar-refractivity contribution in [2.75, 3.05) is 5.75 Å². The van der Waals surface area contributed by atoms with E-state index in [1.165, 1.54) is 76.7 Å². The SMILES string of the molecule is CCC/C=C\C/C=C\CCCCCCCC(=O)NC(CS(=O)(=O)O)C(O)/C=C/CC/C=C/CC/C=C/CCCCCCCCCCC. The summed E-state index contributed by atoms with van der Waals surface area (Å²) in [4.78, 5) is 12.4. The fraction of sp³-hybridized carbons (Fsp3) is 0.725. The molecule has 0 bridgehead atoms. The summed E-state index contributed by atoms with van der Waals surface area (Å²) in [5.41, 5.74) is 0. The normalized spacial score (nSPS) is 14.0. The summed E-state index contributed by atoms with van der Waals surface area (Å²) < 4.78 is 32.4. The highest BCUT2D eigenvalue weighted by atomic mass is 32.2. The first kappa shape index (κ1) is 45.0. The predicted octanol–water partition coefficient (Wildman–Crippen LogP) is 10.9. The van der Waals surface area contributed by atoms with Crippen LogP contribution in [0.3, 0.4) is 0 Å². The van der Waals surface area contributed by atoms with Crippen molar-refractivity contribution in [3.05, 3.63) is 60.8 Å². The number of allylic oxidation sites excluding steroid dienone is 9. The van der Waals surface area contributed by atoms with Gasteiger partial charge in [-0.15, -0.1) is 0 Å². The molecule has 3 N–H and O–H groups in total. The summed E-state index contributed by atoms with van der Waals surface area (Å²) in [6.07, 6.45) is 46.3. The molecular formula is C40H71NO5S. The topological polar surface area (TPSA) is 104 Å². The fourth-order valence-corrected chi connectivity index (χ4v) is 6.02. The molecule has 0 aliphatic heterocycles. The molecule has 0 aromatic heterocycles. The number of unbranched alkanes of at least 4 members (excludes halogenated alkanes) is 17. The van der Waals surface area contributed by atoms with Crippen LogP contribution in [0.4, 0.5) is 0 Å². The molecule has 2 unspecified atom stereocenters. The third-order valence-corrected chi connectivity index (χ3v) is 8.91. The van der Waals surface area contributed by atoms with Crippen LogP contribution in [0.25, 0.3) is 0 Å². The van der Waals surface area contributed by atoms with E-state index in [9.17, 15) is 22.9 Å².